The highest BCUT2D eigenvalue weighted by Gasteiger charge is 2.49. The van der Waals surface area contributed by atoms with Crippen LogP contribution in [0.25, 0.3) is 0 Å². The van der Waals surface area contributed by atoms with Gasteiger partial charge in [0.15, 0.2) is 5.82 Å². The molecule has 1 aliphatic carbocycles. The van der Waals surface area contributed by atoms with Crippen molar-refractivity contribution in [3.05, 3.63) is 59.3 Å². The van der Waals surface area contributed by atoms with Gasteiger partial charge in [-0.05, 0) is 25.3 Å². The van der Waals surface area contributed by atoms with Crippen LogP contribution < -0.4 is 0 Å². The van der Waals surface area contributed by atoms with Gasteiger partial charge < -0.3 is 9.63 Å². The van der Waals surface area contributed by atoms with E-state index < -0.39 is 5.97 Å². The number of aryl methyl sites for hydroxylation is 1. The van der Waals surface area contributed by atoms with Crippen molar-refractivity contribution in [2.45, 2.75) is 45.4 Å². The number of carbonyl (C=O) groups is 1. The molecule has 122 valence electrons. The average molecular weight is 314 g/mol. The van der Waals surface area contributed by atoms with Gasteiger partial charge in [0.05, 0.1) is 11.8 Å². The molecule has 2 aromatic rings. The molecule has 0 atom stereocenters. The largest absolute Gasteiger partial charge is 0.478 e. The molecule has 0 amide bonds. The zero-order valence-electron chi connectivity index (χ0n) is 13.8. The summed E-state index contributed by atoms with van der Waals surface area (Å²) in [7, 11) is 0. The third kappa shape index (κ3) is 3.50. The van der Waals surface area contributed by atoms with Gasteiger partial charge in [-0.25, -0.2) is 4.79 Å². The average Bonchev–Trinajstić information content (AvgIpc) is 3.23. The van der Waals surface area contributed by atoms with E-state index in [1.54, 1.807) is 0 Å². The first-order chi connectivity index (χ1) is 11.0. The van der Waals surface area contributed by atoms with Gasteiger partial charge in [0, 0.05) is 5.57 Å². The number of rotatable bonds is 5. The first kappa shape index (κ1) is 16.9. The molecule has 23 heavy (non-hydrogen) atoms. The van der Waals surface area contributed by atoms with E-state index in [2.05, 4.69) is 41.0 Å². The SMILES string of the molecule is C=C(Cc1nc(C2(c3ccc(C)cc3)CC2)no1)C(=O)O.CC. The maximum absolute atomic E-state index is 10.8. The van der Waals surface area contributed by atoms with E-state index in [9.17, 15) is 4.79 Å². The molecule has 1 N–H and O–H groups in total. The van der Waals surface area contributed by atoms with Gasteiger partial charge in [-0.3, -0.25) is 0 Å². The van der Waals surface area contributed by atoms with Crippen LogP contribution in [0.5, 0.6) is 0 Å². The van der Waals surface area contributed by atoms with E-state index in [0.717, 1.165) is 12.8 Å². The van der Waals surface area contributed by atoms with Crippen LogP contribution in [0.15, 0.2) is 40.9 Å². The number of hydrogen-bond acceptors (Lipinski definition) is 4. The highest BCUT2D eigenvalue weighted by molar-refractivity contribution is 5.86. The molecular formula is C18H22N2O3. The Hall–Kier alpha value is -2.43. The third-order valence-electron chi connectivity index (χ3n) is 3.92. The Balaban J connectivity index is 0.000000924. The summed E-state index contributed by atoms with van der Waals surface area (Å²) in [5.41, 5.74) is 2.27. The second-order valence-electron chi connectivity index (χ2n) is 5.55. The van der Waals surface area contributed by atoms with Crippen molar-refractivity contribution in [3.8, 4) is 0 Å². The van der Waals surface area contributed by atoms with Crippen molar-refractivity contribution in [3.63, 3.8) is 0 Å². The molecule has 0 spiro atoms. The lowest BCUT2D eigenvalue weighted by atomic mass is 9.94. The van der Waals surface area contributed by atoms with Crippen LogP contribution in [0, 0.1) is 6.92 Å². The zero-order valence-corrected chi connectivity index (χ0v) is 13.8. The Labute approximate surface area is 136 Å². The van der Waals surface area contributed by atoms with Gasteiger partial charge in [0.2, 0.25) is 5.89 Å². The monoisotopic (exact) mass is 314 g/mol. The van der Waals surface area contributed by atoms with Gasteiger partial charge in [-0.15, -0.1) is 0 Å². The Morgan fingerprint density at radius 2 is 1.91 bits per heavy atom. The van der Waals surface area contributed by atoms with Crippen LogP contribution in [0.2, 0.25) is 0 Å². The predicted molar refractivity (Wildman–Crippen MR) is 87.3 cm³/mol. The molecule has 0 radical (unpaired) electrons. The number of carboxylic acids is 1. The van der Waals surface area contributed by atoms with Crippen molar-refractivity contribution in [2.24, 2.45) is 0 Å². The van der Waals surface area contributed by atoms with Crippen molar-refractivity contribution < 1.29 is 14.4 Å². The Morgan fingerprint density at radius 1 is 1.30 bits per heavy atom. The summed E-state index contributed by atoms with van der Waals surface area (Å²) in [4.78, 5) is 15.1. The molecular weight excluding hydrogens is 292 g/mol. The molecule has 0 unspecified atom stereocenters. The van der Waals surface area contributed by atoms with Crippen LogP contribution in [0.4, 0.5) is 0 Å². The molecule has 5 nitrogen and oxygen atoms in total. The third-order valence-corrected chi connectivity index (χ3v) is 3.92. The molecule has 1 fully saturated rings. The van der Waals surface area contributed by atoms with Crippen LogP contribution in [-0.4, -0.2) is 21.2 Å². The standard InChI is InChI=1S/C16H16N2O3.C2H6/c1-10-3-5-12(6-4-10)16(7-8-16)15-17-13(21-18-15)9-11(2)14(19)20;1-2/h3-6H,2,7-9H2,1H3,(H,19,20);1-2H3. The van der Waals surface area contributed by atoms with E-state index >= 15 is 0 Å². The van der Waals surface area contributed by atoms with Crippen molar-refractivity contribution in [1.29, 1.82) is 0 Å². The topological polar surface area (TPSA) is 76.2 Å². The molecule has 0 bridgehead atoms. The summed E-state index contributed by atoms with van der Waals surface area (Å²) >= 11 is 0. The second kappa shape index (κ2) is 6.77. The maximum Gasteiger partial charge on any atom is 0.331 e. The fraction of sp³-hybridized carbons (Fsp3) is 0.389. The van der Waals surface area contributed by atoms with Crippen LogP contribution in [0.3, 0.4) is 0 Å². The molecule has 1 heterocycles. The summed E-state index contributed by atoms with van der Waals surface area (Å²) in [6.07, 6.45) is 2.04. The predicted octanol–water partition coefficient (Wildman–Crippen LogP) is 3.67. The van der Waals surface area contributed by atoms with Crippen LogP contribution >= 0.6 is 0 Å². The number of hydrogen-bond donors (Lipinski definition) is 1. The second-order valence-corrected chi connectivity index (χ2v) is 5.55. The number of carboxylic acid groups (broad SMARTS) is 1. The minimum atomic E-state index is -1.05. The lowest BCUT2D eigenvalue weighted by molar-refractivity contribution is -0.132. The van der Waals surface area contributed by atoms with E-state index in [0.29, 0.717) is 11.7 Å². The fourth-order valence-corrected chi connectivity index (χ4v) is 2.42. The summed E-state index contributed by atoms with van der Waals surface area (Å²) in [5.74, 6) is -0.107. The van der Waals surface area contributed by atoms with Gasteiger partial charge in [0.25, 0.3) is 0 Å². The smallest absolute Gasteiger partial charge is 0.331 e. The fourth-order valence-electron chi connectivity index (χ4n) is 2.42. The highest BCUT2D eigenvalue weighted by Crippen LogP contribution is 2.52. The van der Waals surface area contributed by atoms with E-state index in [1.165, 1.54) is 11.1 Å². The van der Waals surface area contributed by atoms with E-state index in [1.807, 2.05) is 20.8 Å². The van der Waals surface area contributed by atoms with Gasteiger partial charge in [-0.1, -0.05) is 55.4 Å². The molecule has 1 saturated carbocycles. The molecule has 0 aliphatic heterocycles. The number of aliphatic carboxylic acids is 1. The Bertz CT molecular complexity index is 697. The van der Waals surface area contributed by atoms with E-state index in [-0.39, 0.29) is 17.4 Å². The zero-order chi connectivity index (χ0) is 17.0. The van der Waals surface area contributed by atoms with Gasteiger partial charge in [0.1, 0.15) is 0 Å². The molecule has 3 rings (SSSR count). The first-order valence-corrected chi connectivity index (χ1v) is 7.82. The van der Waals surface area contributed by atoms with Crippen LogP contribution in [-0.2, 0) is 16.6 Å². The quantitative estimate of drug-likeness (QED) is 0.852. The summed E-state index contributed by atoms with van der Waals surface area (Å²) in [6.45, 7) is 9.53. The number of nitrogens with zero attached hydrogens (tertiary/aromatic N) is 2. The molecule has 1 aromatic carbocycles. The van der Waals surface area contributed by atoms with Gasteiger partial charge >= 0.3 is 5.97 Å². The van der Waals surface area contributed by atoms with E-state index in [4.69, 9.17) is 9.63 Å². The Kier molecular flexibility index (Phi) is 4.98. The van der Waals surface area contributed by atoms with Crippen molar-refractivity contribution >= 4 is 5.97 Å². The normalized spacial score (nSPS) is 14.6. The summed E-state index contributed by atoms with van der Waals surface area (Å²) < 4.78 is 5.17. The first-order valence-electron chi connectivity index (χ1n) is 7.82. The lowest BCUT2D eigenvalue weighted by Gasteiger charge is -2.10. The molecule has 1 aliphatic rings. The minimum Gasteiger partial charge on any atom is -0.478 e. The molecule has 0 saturated heterocycles. The van der Waals surface area contributed by atoms with Crippen molar-refractivity contribution in [2.75, 3.05) is 0 Å². The summed E-state index contributed by atoms with van der Waals surface area (Å²) in [6, 6.07) is 8.33. The number of aromatic nitrogens is 2. The highest BCUT2D eigenvalue weighted by atomic mass is 16.5. The van der Waals surface area contributed by atoms with Crippen molar-refractivity contribution in [1.82, 2.24) is 10.1 Å². The molecule has 1 aromatic heterocycles. The Morgan fingerprint density at radius 3 is 2.43 bits per heavy atom. The maximum atomic E-state index is 10.8. The molecule has 5 heteroatoms. The minimum absolute atomic E-state index is 0.0467. The number of benzene rings is 1. The lowest BCUT2D eigenvalue weighted by Crippen LogP contribution is -2.11. The van der Waals surface area contributed by atoms with Gasteiger partial charge in [-0.2, -0.15) is 4.98 Å². The summed E-state index contributed by atoms with van der Waals surface area (Å²) in [5, 5.41) is 12.9. The van der Waals surface area contributed by atoms with Crippen LogP contribution in [0.1, 0.15) is 49.5 Å².